The number of aromatic nitrogens is 3. The number of nitrogens with zero attached hydrogens (tertiary/aromatic N) is 3. The van der Waals surface area contributed by atoms with Crippen LogP contribution in [0, 0.1) is 0 Å². The van der Waals surface area contributed by atoms with Crippen molar-refractivity contribution < 1.29 is 9.84 Å². The molecule has 1 N–H and O–H groups in total. The molecule has 3 rings (SSSR count). The van der Waals surface area contributed by atoms with Crippen molar-refractivity contribution in [3.8, 4) is 5.75 Å². The van der Waals surface area contributed by atoms with Gasteiger partial charge in [-0.1, -0.05) is 23.4 Å². The molecule has 0 saturated carbocycles. The van der Waals surface area contributed by atoms with Crippen molar-refractivity contribution in [2.75, 3.05) is 13.2 Å². The number of ether oxygens (including phenoxy) is 1. The lowest BCUT2D eigenvalue weighted by atomic mass is 10.0. The number of rotatable bonds is 4. The van der Waals surface area contributed by atoms with E-state index in [1.807, 2.05) is 29.1 Å². The van der Waals surface area contributed by atoms with Gasteiger partial charge in [0.1, 0.15) is 5.75 Å². The second kappa shape index (κ2) is 4.78. The molecule has 0 fully saturated rings. The minimum absolute atomic E-state index is 0.105. The monoisotopic (exact) mass is 245 g/mol. The molecule has 0 aliphatic carbocycles. The molecule has 2 heterocycles. The number of hydrogen-bond donors (Lipinski definition) is 1. The van der Waals surface area contributed by atoms with Gasteiger partial charge in [-0.15, -0.1) is 5.10 Å². The quantitative estimate of drug-likeness (QED) is 0.872. The standard InChI is InChI=1S/C13H15N3O2/c17-6-5-11-8-16(15-14-11)7-10-9-18-13-4-2-1-3-12(10)13/h1-4,8,10,17H,5-7,9H2. The Morgan fingerprint density at radius 2 is 2.28 bits per heavy atom. The van der Waals surface area contributed by atoms with Crippen LogP contribution < -0.4 is 4.74 Å². The van der Waals surface area contributed by atoms with Crippen LogP contribution in [0.1, 0.15) is 17.2 Å². The number of hydrogen-bond acceptors (Lipinski definition) is 4. The third-order valence-corrected chi connectivity index (χ3v) is 3.16. The lowest BCUT2D eigenvalue weighted by Gasteiger charge is -2.07. The fourth-order valence-electron chi connectivity index (χ4n) is 2.26. The third-order valence-electron chi connectivity index (χ3n) is 3.16. The van der Waals surface area contributed by atoms with Crippen molar-refractivity contribution in [3.05, 3.63) is 41.7 Å². The van der Waals surface area contributed by atoms with E-state index in [0.29, 0.717) is 18.9 Å². The van der Waals surface area contributed by atoms with Gasteiger partial charge in [0.25, 0.3) is 0 Å². The van der Waals surface area contributed by atoms with E-state index in [2.05, 4.69) is 16.4 Å². The average molecular weight is 245 g/mol. The molecule has 1 aromatic heterocycles. The van der Waals surface area contributed by atoms with Crippen LogP contribution in [0.4, 0.5) is 0 Å². The second-order valence-electron chi connectivity index (χ2n) is 4.45. The predicted molar refractivity (Wildman–Crippen MR) is 65.5 cm³/mol. The van der Waals surface area contributed by atoms with Gasteiger partial charge in [-0.2, -0.15) is 0 Å². The highest BCUT2D eigenvalue weighted by atomic mass is 16.5. The van der Waals surface area contributed by atoms with E-state index >= 15 is 0 Å². The van der Waals surface area contributed by atoms with Gasteiger partial charge in [0.15, 0.2) is 0 Å². The summed E-state index contributed by atoms with van der Waals surface area (Å²) in [5, 5.41) is 16.9. The van der Waals surface area contributed by atoms with Gasteiger partial charge in [0.05, 0.1) is 18.8 Å². The molecule has 1 atom stereocenters. The molecule has 0 radical (unpaired) electrons. The van der Waals surface area contributed by atoms with Crippen molar-refractivity contribution >= 4 is 0 Å². The van der Waals surface area contributed by atoms with Crippen LogP contribution in [0.25, 0.3) is 0 Å². The lowest BCUT2D eigenvalue weighted by Crippen LogP contribution is -2.11. The number of fused-ring (bicyclic) bond motifs is 1. The van der Waals surface area contributed by atoms with Crippen LogP contribution in [0.3, 0.4) is 0 Å². The topological polar surface area (TPSA) is 60.2 Å². The summed E-state index contributed by atoms with van der Waals surface area (Å²) in [5.74, 6) is 1.29. The summed E-state index contributed by atoms with van der Waals surface area (Å²) in [6, 6.07) is 8.10. The molecule has 1 aromatic carbocycles. The smallest absolute Gasteiger partial charge is 0.122 e. The van der Waals surface area contributed by atoms with Crippen molar-refractivity contribution in [1.82, 2.24) is 15.0 Å². The molecule has 0 bridgehead atoms. The van der Waals surface area contributed by atoms with Crippen LogP contribution in [-0.4, -0.2) is 33.3 Å². The zero-order valence-electron chi connectivity index (χ0n) is 9.99. The van der Waals surface area contributed by atoms with Gasteiger partial charge in [0, 0.05) is 30.7 Å². The SMILES string of the molecule is OCCc1cn(CC2COc3ccccc32)nn1. The zero-order valence-corrected chi connectivity index (χ0v) is 9.99. The van der Waals surface area contributed by atoms with Gasteiger partial charge in [0.2, 0.25) is 0 Å². The first-order chi connectivity index (χ1) is 8.86. The molecule has 1 aliphatic rings. The normalized spacial score (nSPS) is 17.5. The van der Waals surface area contributed by atoms with E-state index in [9.17, 15) is 0 Å². The molecule has 5 nitrogen and oxygen atoms in total. The first-order valence-electron chi connectivity index (χ1n) is 6.08. The number of benzene rings is 1. The molecule has 1 unspecified atom stereocenters. The summed E-state index contributed by atoms with van der Waals surface area (Å²) in [5.41, 5.74) is 2.06. The van der Waals surface area contributed by atoms with E-state index in [4.69, 9.17) is 9.84 Å². The highest BCUT2D eigenvalue weighted by Crippen LogP contribution is 2.34. The Kier molecular flexibility index (Phi) is 2.98. The molecule has 0 spiro atoms. The molecule has 0 amide bonds. The van der Waals surface area contributed by atoms with Crippen LogP contribution >= 0.6 is 0 Å². The summed E-state index contributed by atoms with van der Waals surface area (Å²) >= 11 is 0. The maximum absolute atomic E-state index is 8.85. The summed E-state index contributed by atoms with van der Waals surface area (Å²) < 4.78 is 7.46. The van der Waals surface area contributed by atoms with E-state index in [1.54, 1.807) is 0 Å². The first kappa shape index (κ1) is 11.2. The summed E-state index contributed by atoms with van der Waals surface area (Å²) in [6.45, 7) is 1.55. The molecule has 1 aliphatic heterocycles. The van der Waals surface area contributed by atoms with Gasteiger partial charge < -0.3 is 9.84 Å². The Labute approximate surface area is 105 Å². The Hall–Kier alpha value is -1.88. The number of aliphatic hydroxyl groups is 1. The second-order valence-corrected chi connectivity index (χ2v) is 4.45. The van der Waals surface area contributed by atoms with Crippen LogP contribution in [0.5, 0.6) is 5.75 Å². The lowest BCUT2D eigenvalue weighted by molar-refractivity contribution is 0.298. The largest absolute Gasteiger partial charge is 0.493 e. The highest BCUT2D eigenvalue weighted by Gasteiger charge is 2.24. The number of aliphatic hydroxyl groups excluding tert-OH is 1. The summed E-state index contributed by atoms with van der Waals surface area (Å²) in [4.78, 5) is 0. The zero-order chi connectivity index (χ0) is 12.4. The minimum atomic E-state index is 0.105. The van der Waals surface area contributed by atoms with Crippen molar-refractivity contribution in [3.63, 3.8) is 0 Å². The van der Waals surface area contributed by atoms with Gasteiger partial charge in [-0.3, -0.25) is 4.68 Å². The molecule has 94 valence electrons. The van der Waals surface area contributed by atoms with Crippen LogP contribution in [0.15, 0.2) is 30.5 Å². The van der Waals surface area contributed by atoms with Gasteiger partial charge in [-0.05, 0) is 6.07 Å². The number of para-hydroxylation sites is 1. The average Bonchev–Trinajstić information content (AvgIpc) is 2.99. The minimum Gasteiger partial charge on any atom is -0.493 e. The Morgan fingerprint density at radius 3 is 3.17 bits per heavy atom. The maximum Gasteiger partial charge on any atom is 0.122 e. The fourth-order valence-corrected chi connectivity index (χ4v) is 2.26. The Bertz CT molecular complexity index is 539. The van der Waals surface area contributed by atoms with E-state index in [1.165, 1.54) is 5.56 Å². The van der Waals surface area contributed by atoms with Gasteiger partial charge in [-0.25, -0.2) is 0 Å². The predicted octanol–water partition coefficient (Wildman–Crippen LogP) is 0.989. The highest BCUT2D eigenvalue weighted by molar-refractivity contribution is 5.39. The van der Waals surface area contributed by atoms with E-state index in [0.717, 1.165) is 18.0 Å². The maximum atomic E-state index is 8.85. The molecule has 5 heteroatoms. The van der Waals surface area contributed by atoms with Crippen LogP contribution in [0.2, 0.25) is 0 Å². The summed E-state index contributed by atoms with van der Waals surface area (Å²) in [7, 11) is 0. The Balaban J connectivity index is 1.73. The fraction of sp³-hybridized carbons (Fsp3) is 0.385. The molecule has 2 aromatic rings. The third kappa shape index (κ3) is 2.09. The van der Waals surface area contributed by atoms with Gasteiger partial charge >= 0.3 is 0 Å². The molecule has 18 heavy (non-hydrogen) atoms. The van der Waals surface area contributed by atoms with E-state index < -0.39 is 0 Å². The Morgan fingerprint density at radius 1 is 1.39 bits per heavy atom. The van der Waals surface area contributed by atoms with Crippen molar-refractivity contribution in [2.45, 2.75) is 18.9 Å². The van der Waals surface area contributed by atoms with Crippen molar-refractivity contribution in [2.24, 2.45) is 0 Å². The van der Waals surface area contributed by atoms with E-state index in [-0.39, 0.29) is 6.61 Å². The summed E-state index contributed by atoms with van der Waals surface area (Å²) in [6.07, 6.45) is 2.44. The van der Waals surface area contributed by atoms with Crippen LogP contribution in [-0.2, 0) is 13.0 Å². The molecule has 0 saturated heterocycles. The molecular formula is C13H15N3O2. The molecular weight excluding hydrogens is 230 g/mol. The van der Waals surface area contributed by atoms with Crippen molar-refractivity contribution in [1.29, 1.82) is 0 Å². The first-order valence-corrected chi connectivity index (χ1v) is 6.08.